The second-order valence-electron chi connectivity index (χ2n) is 5.37. The van der Waals surface area contributed by atoms with Gasteiger partial charge in [-0.25, -0.2) is 0 Å². The number of hydrogen-bond acceptors (Lipinski definition) is 2. The molecule has 0 spiro atoms. The molecule has 1 aliphatic rings. The van der Waals surface area contributed by atoms with Gasteiger partial charge < -0.3 is 5.32 Å². The highest BCUT2D eigenvalue weighted by Crippen LogP contribution is 2.26. The topological polar surface area (TPSA) is 15.3 Å². The SMILES string of the molecule is CNC1CCN(C(C)c2cc(C)cc(C)c2)C1. The minimum absolute atomic E-state index is 0.534. The van der Waals surface area contributed by atoms with Gasteiger partial charge in [0.2, 0.25) is 0 Å². The molecular formula is C15H24N2. The molecule has 2 heteroatoms. The molecule has 94 valence electrons. The Morgan fingerprint density at radius 1 is 1.24 bits per heavy atom. The summed E-state index contributed by atoms with van der Waals surface area (Å²) in [6, 6.07) is 8.10. The van der Waals surface area contributed by atoms with Crippen molar-refractivity contribution >= 4 is 0 Å². The van der Waals surface area contributed by atoms with Crippen LogP contribution >= 0.6 is 0 Å². The van der Waals surface area contributed by atoms with E-state index in [0.717, 1.165) is 0 Å². The summed E-state index contributed by atoms with van der Waals surface area (Å²) in [6.45, 7) is 9.07. The van der Waals surface area contributed by atoms with Crippen molar-refractivity contribution in [1.29, 1.82) is 0 Å². The molecule has 0 aromatic heterocycles. The van der Waals surface area contributed by atoms with Gasteiger partial charge in [0.05, 0.1) is 0 Å². The van der Waals surface area contributed by atoms with Crippen molar-refractivity contribution in [3.63, 3.8) is 0 Å². The third-order valence-corrected chi connectivity index (χ3v) is 3.90. The minimum atomic E-state index is 0.534. The summed E-state index contributed by atoms with van der Waals surface area (Å²) in [6.07, 6.45) is 1.27. The van der Waals surface area contributed by atoms with Crippen LogP contribution in [0.25, 0.3) is 0 Å². The lowest BCUT2D eigenvalue weighted by molar-refractivity contribution is 0.257. The van der Waals surface area contributed by atoms with E-state index in [1.807, 2.05) is 0 Å². The zero-order valence-corrected chi connectivity index (χ0v) is 11.5. The van der Waals surface area contributed by atoms with Gasteiger partial charge >= 0.3 is 0 Å². The lowest BCUT2D eigenvalue weighted by atomic mass is 10.0. The number of likely N-dealkylation sites (N-methyl/N-ethyl adjacent to an activating group) is 1. The molecule has 1 aromatic rings. The van der Waals surface area contributed by atoms with Crippen LogP contribution in [0, 0.1) is 13.8 Å². The fraction of sp³-hybridized carbons (Fsp3) is 0.600. The van der Waals surface area contributed by atoms with Crippen molar-refractivity contribution in [3.8, 4) is 0 Å². The average molecular weight is 232 g/mol. The van der Waals surface area contributed by atoms with Crippen LogP contribution in [0.1, 0.15) is 36.1 Å². The molecule has 2 rings (SSSR count). The zero-order valence-electron chi connectivity index (χ0n) is 11.5. The summed E-state index contributed by atoms with van der Waals surface area (Å²) in [5, 5.41) is 3.38. The Morgan fingerprint density at radius 2 is 1.88 bits per heavy atom. The van der Waals surface area contributed by atoms with Gasteiger partial charge in [-0.05, 0) is 39.8 Å². The monoisotopic (exact) mass is 232 g/mol. The predicted octanol–water partition coefficient (Wildman–Crippen LogP) is 2.66. The Morgan fingerprint density at radius 3 is 2.41 bits per heavy atom. The number of nitrogens with zero attached hydrogens (tertiary/aromatic N) is 1. The van der Waals surface area contributed by atoms with E-state index in [9.17, 15) is 0 Å². The molecule has 0 bridgehead atoms. The summed E-state index contributed by atoms with van der Waals surface area (Å²) >= 11 is 0. The Bertz CT molecular complexity index is 366. The van der Waals surface area contributed by atoms with E-state index >= 15 is 0 Å². The van der Waals surface area contributed by atoms with Gasteiger partial charge in [0.25, 0.3) is 0 Å². The Kier molecular flexibility index (Phi) is 3.85. The first-order valence-corrected chi connectivity index (χ1v) is 6.59. The molecule has 2 unspecified atom stereocenters. The zero-order chi connectivity index (χ0) is 12.4. The van der Waals surface area contributed by atoms with Gasteiger partial charge in [-0.15, -0.1) is 0 Å². The van der Waals surface area contributed by atoms with Gasteiger partial charge in [-0.1, -0.05) is 29.3 Å². The molecule has 1 saturated heterocycles. The molecule has 0 aliphatic carbocycles. The molecule has 1 heterocycles. The molecule has 0 saturated carbocycles. The van der Waals surface area contributed by atoms with Gasteiger partial charge in [0.1, 0.15) is 0 Å². The number of likely N-dealkylation sites (tertiary alicyclic amines) is 1. The number of rotatable bonds is 3. The van der Waals surface area contributed by atoms with E-state index in [4.69, 9.17) is 0 Å². The van der Waals surface area contributed by atoms with Gasteiger partial charge in [0.15, 0.2) is 0 Å². The lowest BCUT2D eigenvalue weighted by Gasteiger charge is -2.25. The lowest BCUT2D eigenvalue weighted by Crippen LogP contribution is -2.31. The third kappa shape index (κ3) is 2.88. The van der Waals surface area contributed by atoms with Crippen LogP contribution in [0.4, 0.5) is 0 Å². The third-order valence-electron chi connectivity index (χ3n) is 3.90. The Balaban J connectivity index is 2.11. The Hall–Kier alpha value is -0.860. The van der Waals surface area contributed by atoms with Crippen molar-refractivity contribution in [2.24, 2.45) is 0 Å². The van der Waals surface area contributed by atoms with Gasteiger partial charge in [-0.3, -0.25) is 4.90 Å². The van der Waals surface area contributed by atoms with Crippen molar-refractivity contribution in [3.05, 3.63) is 34.9 Å². The van der Waals surface area contributed by atoms with Crippen molar-refractivity contribution < 1.29 is 0 Å². The number of benzene rings is 1. The molecule has 1 fully saturated rings. The maximum Gasteiger partial charge on any atom is 0.0320 e. The number of aryl methyl sites for hydroxylation is 2. The van der Waals surface area contributed by atoms with E-state index in [2.05, 4.69) is 56.2 Å². The quantitative estimate of drug-likeness (QED) is 0.862. The maximum atomic E-state index is 3.38. The smallest absolute Gasteiger partial charge is 0.0320 e. The largest absolute Gasteiger partial charge is 0.316 e. The highest BCUT2D eigenvalue weighted by molar-refractivity contribution is 5.30. The Labute approximate surface area is 105 Å². The van der Waals surface area contributed by atoms with Crippen LogP contribution in [0.3, 0.4) is 0 Å². The molecule has 0 amide bonds. The summed E-state index contributed by atoms with van der Waals surface area (Å²) in [5.41, 5.74) is 4.20. The van der Waals surface area contributed by atoms with E-state index in [0.29, 0.717) is 12.1 Å². The fourth-order valence-electron chi connectivity index (χ4n) is 2.84. The summed E-state index contributed by atoms with van der Waals surface area (Å²) in [5.74, 6) is 0. The number of hydrogen-bond donors (Lipinski definition) is 1. The van der Waals surface area contributed by atoms with Crippen molar-refractivity contribution in [2.75, 3.05) is 20.1 Å². The summed E-state index contributed by atoms with van der Waals surface area (Å²) < 4.78 is 0. The molecule has 17 heavy (non-hydrogen) atoms. The molecule has 1 aromatic carbocycles. The molecule has 0 radical (unpaired) electrons. The van der Waals surface area contributed by atoms with Gasteiger partial charge in [0, 0.05) is 25.2 Å². The molecule has 2 atom stereocenters. The summed E-state index contributed by atoms with van der Waals surface area (Å²) in [4.78, 5) is 2.58. The van der Waals surface area contributed by atoms with Crippen LogP contribution in [0.5, 0.6) is 0 Å². The van der Waals surface area contributed by atoms with Gasteiger partial charge in [-0.2, -0.15) is 0 Å². The van der Waals surface area contributed by atoms with Crippen LogP contribution in [-0.2, 0) is 0 Å². The summed E-state index contributed by atoms with van der Waals surface area (Å²) in [7, 11) is 2.07. The van der Waals surface area contributed by atoms with E-state index < -0.39 is 0 Å². The van der Waals surface area contributed by atoms with E-state index in [-0.39, 0.29) is 0 Å². The van der Waals surface area contributed by atoms with Crippen LogP contribution < -0.4 is 5.32 Å². The second kappa shape index (κ2) is 5.19. The van der Waals surface area contributed by atoms with E-state index in [1.165, 1.54) is 36.2 Å². The minimum Gasteiger partial charge on any atom is -0.316 e. The predicted molar refractivity (Wildman–Crippen MR) is 73.4 cm³/mol. The van der Waals surface area contributed by atoms with Crippen molar-refractivity contribution in [2.45, 2.75) is 39.3 Å². The van der Waals surface area contributed by atoms with Crippen LogP contribution in [0.15, 0.2) is 18.2 Å². The normalized spacial score (nSPS) is 22.9. The molecule has 2 nitrogen and oxygen atoms in total. The molecule has 1 N–H and O–H groups in total. The molecule has 1 aliphatic heterocycles. The standard InChI is InChI=1S/C15H24N2/c1-11-7-12(2)9-14(8-11)13(3)17-6-5-15(10-17)16-4/h7-9,13,15-16H,5-6,10H2,1-4H3. The first-order chi connectivity index (χ1) is 8.10. The molecular weight excluding hydrogens is 208 g/mol. The highest BCUT2D eigenvalue weighted by atomic mass is 15.2. The van der Waals surface area contributed by atoms with Crippen LogP contribution in [0.2, 0.25) is 0 Å². The second-order valence-corrected chi connectivity index (χ2v) is 5.37. The first-order valence-electron chi connectivity index (χ1n) is 6.59. The highest BCUT2D eigenvalue weighted by Gasteiger charge is 2.25. The maximum absolute atomic E-state index is 3.38. The van der Waals surface area contributed by atoms with E-state index in [1.54, 1.807) is 0 Å². The fourth-order valence-corrected chi connectivity index (χ4v) is 2.84. The van der Waals surface area contributed by atoms with Crippen LogP contribution in [-0.4, -0.2) is 31.1 Å². The average Bonchev–Trinajstić information content (AvgIpc) is 2.75. The number of nitrogens with one attached hydrogen (secondary N) is 1. The van der Waals surface area contributed by atoms with Crippen molar-refractivity contribution in [1.82, 2.24) is 10.2 Å². The first kappa shape index (κ1) is 12.6.